The number of methoxy groups -OCH3 is 1. The van der Waals surface area contributed by atoms with Crippen LogP contribution in [0, 0.1) is 0 Å². The molecule has 3 rings (SSSR count). The predicted octanol–water partition coefficient (Wildman–Crippen LogP) is 4.96. The van der Waals surface area contributed by atoms with Gasteiger partial charge in [-0.05, 0) is 74.2 Å². The topological polar surface area (TPSA) is 12.5 Å². The Kier molecular flexibility index (Phi) is 5.62. The van der Waals surface area contributed by atoms with Gasteiger partial charge in [0.15, 0.2) is 0 Å². The fraction of sp³-hybridized carbons (Fsp3) is 0.524. The molecule has 0 N–H and O–H groups in total. The van der Waals surface area contributed by atoms with Crippen LogP contribution in [0.25, 0.3) is 0 Å². The molecule has 1 aliphatic rings. The minimum Gasteiger partial charge on any atom is -0.496 e. The van der Waals surface area contributed by atoms with Gasteiger partial charge in [-0.3, -0.25) is 4.90 Å². The van der Waals surface area contributed by atoms with Crippen molar-refractivity contribution in [2.75, 3.05) is 20.2 Å². The second kappa shape index (κ2) is 7.71. The van der Waals surface area contributed by atoms with Gasteiger partial charge in [0.05, 0.1) is 7.11 Å². The molecule has 0 aliphatic heterocycles. The molecule has 3 heteroatoms. The molecule has 2 aromatic rings. The average Bonchev–Trinajstić information content (AvgIpc) is 3.11. The lowest BCUT2D eigenvalue weighted by Gasteiger charge is -2.45. The van der Waals surface area contributed by atoms with Crippen molar-refractivity contribution in [3.8, 4) is 5.75 Å². The minimum atomic E-state index is 0.257. The van der Waals surface area contributed by atoms with Gasteiger partial charge in [0.1, 0.15) is 5.75 Å². The molecule has 130 valence electrons. The molecule has 1 atom stereocenters. The number of hydrogen-bond acceptors (Lipinski definition) is 3. The van der Waals surface area contributed by atoms with Crippen molar-refractivity contribution in [1.29, 1.82) is 0 Å². The molecule has 2 nitrogen and oxygen atoms in total. The predicted molar refractivity (Wildman–Crippen MR) is 103 cm³/mol. The van der Waals surface area contributed by atoms with Crippen LogP contribution in [0.2, 0.25) is 0 Å². The van der Waals surface area contributed by atoms with Crippen LogP contribution >= 0.6 is 11.3 Å². The number of thiophene rings is 1. The van der Waals surface area contributed by atoms with E-state index in [-0.39, 0.29) is 5.54 Å². The highest BCUT2D eigenvalue weighted by molar-refractivity contribution is 7.09. The van der Waals surface area contributed by atoms with Crippen LogP contribution in [0.5, 0.6) is 5.75 Å². The summed E-state index contributed by atoms with van der Waals surface area (Å²) in [6.07, 6.45) is 5.84. The Balaban J connectivity index is 1.76. The largest absolute Gasteiger partial charge is 0.496 e. The van der Waals surface area contributed by atoms with Crippen molar-refractivity contribution in [1.82, 2.24) is 4.90 Å². The second-order valence-electron chi connectivity index (χ2n) is 7.09. The summed E-state index contributed by atoms with van der Waals surface area (Å²) in [5.41, 5.74) is 3.15. The molecule has 0 unspecified atom stereocenters. The van der Waals surface area contributed by atoms with E-state index in [9.17, 15) is 0 Å². The number of ether oxygens (including phenoxy) is 1. The van der Waals surface area contributed by atoms with E-state index in [4.69, 9.17) is 4.74 Å². The summed E-state index contributed by atoms with van der Waals surface area (Å²) in [7, 11) is 1.79. The van der Waals surface area contributed by atoms with Gasteiger partial charge in [-0.1, -0.05) is 25.1 Å². The lowest BCUT2D eigenvalue weighted by atomic mass is 9.77. The molecule has 0 saturated carbocycles. The minimum absolute atomic E-state index is 0.257. The van der Waals surface area contributed by atoms with Crippen LogP contribution in [-0.4, -0.2) is 30.6 Å². The zero-order valence-corrected chi connectivity index (χ0v) is 16.0. The maximum Gasteiger partial charge on any atom is 0.122 e. The number of nitrogens with zero attached hydrogens (tertiary/aromatic N) is 1. The first-order chi connectivity index (χ1) is 11.7. The molecule has 0 bridgehead atoms. The fourth-order valence-electron chi connectivity index (χ4n) is 4.04. The van der Waals surface area contributed by atoms with Gasteiger partial charge < -0.3 is 4.74 Å². The summed E-state index contributed by atoms with van der Waals surface area (Å²) < 4.78 is 5.57. The van der Waals surface area contributed by atoms with Gasteiger partial charge >= 0.3 is 0 Å². The molecule has 0 amide bonds. The van der Waals surface area contributed by atoms with E-state index in [0.29, 0.717) is 0 Å². The Bertz CT molecular complexity index is 652. The van der Waals surface area contributed by atoms with Gasteiger partial charge in [-0.2, -0.15) is 0 Å². The van der Waals surface area contributed by atoms with E-state index in [1.807, 2.05) is 11.3 Å². The first-order valence-electron chi connectivity index (χ1n) is 9.08. The molecule has 0 fully saturated rings. The molecular weight excluding hydrogens is 314 g/mol. The maximum atomic E-state index is 5.57. The van der Waals surface area contributed by atoms with Gasteiger partial charge in [0, 0.05) is 17.0 Å². The standard InChI is InChI=1S/C21H29NOS/c1-4-13-22(14-11-18-8-6-15-24-18)21(2)12-10-19-17(16-21)7-5-9-20(19)23-3/h5-9,15H,4,10-14,16H2,1-3H3/t21-/m1/s1. The summed E-state index contributed by atoms with van der Waals surface area (Å²) >= 11 is 1.88. The van der Waals surface area contributed by atoms with Crippen LogP contribution in [0.1, 0.15) is 42.7 Å². The monoisotopic (exact) mass is 343 g/mol. The lowest BCUT2D eigenvalue weighted by Crippen LogP contribution is -2.51. The smallest absolute Gasteiger partial charge is 0.122 e. The van der Waals surface area contributed by atoms with Crippen molar-refractivity contribution in [2.24, 2.45) is 0 Å². The molecule has 1 aromatic carbocycles. The first-order valence-corrected chi connectivity index (χ1v) is 9.96. The highest BCUT2D eigenvalue weighted by Crippen LogP contribution is 2.37. The third-order valence-electron chi connectivity index (χ3n) is 5.40. The molecule has 1 aliphatic carbocycles. The first kappa shape index (κ1) is 17.5. The Morgan fingerprint density at radius 3 is 2.79 bits per heavy atom. The zero-order valence-electron chi connectivity index (χ0n) is 15.2. The highest BCUT2D eigenvalue weighted by Gasteiger charge is 2.35. The summed E-state index contributed by atoms with van der Waals surface area (Å²) in [6, 6.07) is 11.0. The van der Waals surface area contributed by atoms with Crippen molar-refractivity contribution in [2.45, 2.75) is 51.5 Å². The Morgan fingerprint density at radius 2 is 2.08 bits per heavy atom. The van der Waals surface area contributed by atoms with Crippen LogP contribution in [-0.2, 0) is 19.3 Å². The van der Waals surface area contributed by atoms with Crippen molar-refractivity contribution in [3.05, 3.63) is 51.7 Å². The number of rotatable bonds is 7. The number of benzene rings is 1. The van der Waals surface area contributed by atoms with E-state index >= 15 is 0 Å². The highest BCUT2D eigenvalue weighted by atomic mass is 32.1. The molecule has 0 spiro atoms. The third kappa shape index (κ3) is 3.68. The van der Waals surface area contributed by atoms with Crippen LogP contribution in [0.15, 0.2) is 35.7 Å². The van der Waals surface area contributed by atoms with Gasteiger partial charge in [-0.15, -0.1) is 11.3 Å². The second-order valence-corrected chi connectivity index (χ2v) is 8.12. The van der Waals surface area contributed by atoms with Gasteiger partial charge in [-0.25, -0.2) is 0 Å². The molecule has 1 aromatic heterocycles. The summed E-state index contributed by atoms with van der Waals surface area (Å²) in [4.78, 5) is 4.23. The van der Waals surface area contributed by atoms with E-state index in [2.05, 4.69) is 54.5 Å². The van der Waals surface area contributed by atoms with Crippen molar-refractivity contribution < 1.29 is 4.74 Å². The quantitative estimate of drug-likeness (QED) is 0.704. The lowest BCUT2D eigenvalue weighted by molar-refractivity contribution is 0.0894. The van der Waals surface area contributed by atoms with Crippen LogP contribution < -0.4 is 4.74 Å². The Hall–Kier alpha value is -1.32. The Labute approximate surface area is 150 Å². The van der Waals surface area contributed by atoms with Crippen LogP contribution in [0.4, 0.5) is 0 Å². The molecule has 0 saturated heterocycles. The van der Waals surface area contributed by atoms with E-state index in [1.165, 1.54) is 35.4 Å². The summed E-state index contributed by atoms with van der Waals surface area (Å²) in [5, 5.41) is 2.18. The molecule has 1 heterocycles. The normalized spacial score (nSPS) is 20.2. The van der Waals surface area contributed by atoms with E-state index in [0.717, 1.165) is 31.6 Å². The molecule has 0 radical (unpaired) electrons. The van der Waals surface area contributed by atoms with Gasteiger partial charge in [0.25, 0.3) is 0 Å². The fourth-order valence-corrected chi connectivity index (χ4v) is 4.73. The number of fused-ring (bicyclic) bond motifs is 1. The van der Waals surface area contributed by atoms with Crippen molar-refractivity contribution in [3.63, 3.8) is 0 Å². The van der Waals surface area contributed by atoms with Gasteiger partial charge in [0.2, 0.25) is 0 Å². The van der Waals surface area contributed by atoms with Crippen molar-refractivity contribution >= 4 is 11.3 Å². The summed E-state index contributed by atoms with van der Waals surface area (Å²) in [6.45, 7) is 7.09. The zero-order chi connectivity index (χ0) is 17.0. The molecule has 24 heavy (non-hydrogen) atoms. The van der Waals surface area contributed by atoms with Crippen LogP contribution in [0.3, 0.4) is 0 Å². The molecular formula is C21H29NOS. The SMILES string of the molecule is CCCN(CCc1cccs1)[C@]1(C)CCc2c(cccc2OC)C1. The van der Waals surface area contributed by atoms with E-state index < -0.39 is 0 Å². The summed E-state index contributed by atoms with van der Waals surface area (Å²) in [5.74, 6) is 1.06. The average molecular weight is 344 g/mol. The number of hydrogen-bond donors (Lipinski definition) is 0. The Morgan fingerprint density at radius 1 is 1.21 bits per heavy atom. The van der Waals surface area contributed by atoms with E-state index in [1.54, 1.807) is 7.11 Å². The maximum absolute atomic E-state index is 5.57. The third-order valence-corrected chi connectivity index (χ3v) is 6.34.